The summed E-state index contributed by atoms with van der Waals surface area (Å²) in [6, 6.07) is 6.34. The molecule has 0 spiro atoms. The summed E-state index contributed by atoms with van der Waals surface area (Å²) in [5, 5.41) is 8.89. The summed E-state index contributed by atoms with van der Waals surface area (Å²) in [7, 11) is 0. The van der Waals surface area contributed by atoms with Gasteiger partial charge in [0.2, 0.25) is 5.91 Å². The van der Waals surface area contributed by atoms with Crippen LogP contribution in [0.15, 0.2) is 24.3 Å². The van der Waals surface area contributed by atoms with Crippen LogP contribution < -0.4 is 0 Å². The first-order chi connectivity index (χ1) is 10.1. The Morgan fingerprint density at radius 3 is 2.71 bits per heavy atom. The average Bonchev–Trinajstić information content (AvgIpc) is 3.28. The molecule has 112 valence electrons. The molecule has 5 nitrogen and oxygen atoms in total. The maximum Gasteiger partial charge on any atom is 0.307 e. The first-order valence-electron chi connectivity index (χ1n) is 6.95. The lowest BCUT2D eigenvalue weighted by atomic mass is 10.1. The summed E-state index contributed by atoms with van der Waals surface area (Å²) in [5.74, 6) is -2.43. The number of carboxylic acid groups (broad SMARTS) is 1. The number of ether oxygens (including phenoxy) is 1. The average molecular weight is 293 g/mol. The Morgan fingerprint density at radius 1 is 1.29 bits per heavy atom. The number of halogens is 1. The van der Waals surface area contributed by atoms with E-state index in [4.69, 9.17) is 9.84 Å². The lowest BCUT2D eigenvalue weighted by Gasteiger charge is -2.33. The lowest BCUT2D eigenvalue weighted by molar-refractivity contribution is -0.145. The minimum atomic E-state index is -0.924. The summed E-state index contributed by atoms with van der Waals surface area (Å²) in [4.78, 5) is 24.7. The molecule has 1 amide bonds. The second-order valence-corrected chi connectivity index (χ2v) is 5.45. The van der Waals surface area contributed by atoms with Crippen LogP contribution in [0.2, 0.25) is 0 Å². The number of morpholine rings is 1. The molecular weight excluding hydrogens is 277 g/mol. The topological polar surface area (TPSA) is 66.8 Å². The van der Waals surface area contributed by atoms with Crippen LogP contribution in [-0.2, 0) is 14.3 Å². The molecule has 1 aromatic rings. The lowest BCUT2D eigenvalue weighted by Crippen LogP contribution is -2.43. The Labute approximate surface area is 121 Å². The van der Waals surface area contributed by atoms with Crippen molar-refractivity contribution in [2.75, 3.05) is 19.7 Å². The van der Waals surface area contributed by atoms with Crippen molar-refractivity contribution in [3.8, 4) is 0 Å². The Morgan fingerprint density at radius 2 is 2.05 bits per heavy atom. The maximum absolute atomic E-state index is 13.8. The number of carbonyl (C=O) groups is 2. The van der Waals surface area contributed by atoms with Gasteiger partial charge in [0.1, 0.15) is 11.9 Å². The van der Waals surface area contributed by atoms with E-state index in [1.165, 1.54) is 6.07 Å². The second-order valence-electron chi connectivity index (χ2n) is 5.45. The van der Waals surface area contributed by atoms with E-state index in [-0.39, 0.29) is 18.3 Å². The molecule has 3 rings (SSSR count). The van der Waals surface area contributed by atoms with Crippen molar-refractivity contribution in [2.24, 2.45) is 11.8 Å². The summed E-state index contributed by atoms with van der Waals surface area (Å²) in [6.45, 7) is 1.02. The first-order valence-corrected chi connectivity index (χ1v) is 6.95. The van der Waals surface area contributed by atoms with Crippen LogP contribution in [-0.4, -0.2) is 41.6 Å². The van der Waals surface area contributed by atoms with Crippen LogP contribution in [0, 0.1) is 17.7 Å². The van der Waals surface area contributed by atoms with Crippen LogP contribution in [0.3, 0.4) is 0 Å². The Kier molecular flexibility index (Phi) is 3.63. The summed E-state index contributed by atoms with van der Waals surface area (Å²) in [6.07, 6.45) is -0.0958. The minimum absolute atomic E-state index is 0.160. The van der Waals surface area contributed by atoms with Gasteiger partial charge in [-0.05, 0) is 12.5 Å². The van der Waals surface area contributed by atoms with Crippen LogP contribution in [0.5, 0.6) is 0 Å². The van der Waals surface area contributed by atoms with Crippen LogP contribution in [0.4, 0.5) is 4.39 Å². The van der Waals surface area contributed by atoms with Crippen LogP contribution >= 0.6 is 0 Å². The second kappa shape index (κ2) is 5.44. The van der Waals surface area contributed by atoms with Gasteiger partial charge in [-0.25, -0.2) is 4.39 Å². The predicted octanol–water partition coefficient (Wildman–Crippen LogP) is 1.45. The van der Waals surface area contributed by atoms with Gasteiger partial charge in [0.25, 0.3) is 0 Å². The third-order valence-corrected chi connectivity index (χ3v) is 4.06. The number of carboxylic acids is 1. The smallest absolute Gasteiger partial charge is 0.307 e. The van der Waals surface area contributed by atoms with Crippen LogP contribution in [0.1, 0.15) is 18.1 Å². The van der Waals surface area contributed by atoms with Gasteiger partial charge in [-0.3, -0.25) is 9.59 Å². The van der Waals surface area contributed by atoms with Gasteiger partial charge in [-0.2, -0.15) is 0 Å². The van der Waals surface area contributed by atoms with E-state index < -0.39 is 23.9 Å². The molecule has 0 aromatic heterocycles. The molecule has 1 aliphatic heterocycles. The Balaban J connectivity index is 1.68. The number of benzene rings is 1. The molecule has 1 saturated carbocycles. The van der Waals surface area contributed by atoms with Crippen molar-refractivity contribution in [1.82, 2.24) is 4.90 Å². The first kappa shape index (κ1) is 14.0. The van der Waals surface area contributed by atoms with E-state index in [2.05, 4.69) is 0 Å². The molecule has 1 heterocycles. The largest absolute Gasteiger partial charge is 0.481 e. The molecule has 1 aliphatic carbocycles. The fourth-order valence-electron chi connectivity index (χ4n) is 2.75. The predicted molar refractivity (Wildman–Crippen MR) is 70.9 cm³/mol. The van der Waals surface area contributed by atoms with Gasteiger partial charge in [0.15, 0.2) is 0 Å². The van der Waals surface area contributed by atoms with E-state index in [0.29, 0.717) is 25.1 Å². The molecule has 0 radical (unpaired) electrons. The van der Waals surface area contributed by atoms with Gasteiger partial charge < -0.3 is 14.7 Å². The highest BCUT2D eigenvalue weighted by molar-refractivity contribution is 5.89. The zero-order chi connectivity index (χ0) is 15.0. The molecule has 21 heavy (non-hydrogen) atoms. The highest BCUT2D eigenvalue weighted by Crippen LogP contribution is 2.40. The van der Waals surface area contributed by atoms with Crippen molar-refractivity contribution < 1.29 is 23.8 Å². The normalized spacial score (nSPS) is 28.2. The molecule has 0 bridgehead atoms. The van der Waals surface area contributed by atoms with E-state index in [0.717, 1.165) is 0 Å². The number of amides is 1. The fourth-order valence-corrected chi connectivity index (χ4v) is 2.75. The number of hydrogen-bond acceptors (Lipinski definition) is 3. The third kappa shape index (κ3) is 2.76. The van der Waals surface area contributed by atoms with E-state index in [1.807, 2.05) is 0 Å². The number of hydrogen-bond donors (Lipinski definition) is 1. The molecule has 3 atom stereocenters. The molecule has 1 saturated heterocycles. The fraction of sp³-hybridized carbons (Fsp3) is 0.467. The van der Waals surface area contributed by atoms with Gasteiger partial charge in [0.05, 0.1) is 25.0 Å². The summed E-state index contributed by atoms with van der Waals surface area (Å²) >= 11 is 0. The highest BCUT2D eigenvalue weighted by Gasteiger charge is 2.50. The number of carbonyl (C=O) groups excluding carboxylic acids is 1. The molecule has 1 aromatic carbocycles. The van der Waals surface area contributed by atoms with Crippen molar-refractivity contribution in [3.63, 3.8) is 0 Å². The molecule has 2 fully saturated rings. The minimum Gasteiger partial charge on any atom is -0.481 e. The molecule has 2 aliphatic rings. The highest BCUT2D eigenvalue weighted by atomic mass is 19.1. The zero-order valence-corrected chi connectivity index (χ0v) is 11.4. The number of aliphatic carboxylic acids is 1. The SMILES string of the molecule is O=C(O)[C@@H]1C[C@H]1C(=O)N1CCO[C@H](c2ccccc2F)C1. The summed E-state index contributed by atoms with van der Waals surface area (Å²) < 4.78 is 19.3. The third-order valence-electron chi connectivity index (χ3n) is 4.06. The van der Waals surface area contributed by atoms with Gasteiger partial charge >= 0.3 is 5.97 Å². The van der Waals surface area contributed by atoms with Crippen molar-refractivity contribution in [3.05, 3.63) is 35.6 Å². The summed E-state index contributed by atoms with van der Waals surface area (Å²) in [5.41, 5.74) is 0.431. The monoisotopic (exact) mass is 293 g/mol. The van der Waals surface area contributed by atoms with Crippen molar-refractivity contribution in [2.45, 2.75) is 12.5 Å². The standard InChI is InChI=1S/C15H16FNO4/c16-12-4-2-1-3-9(12)13-8-17(5-6-21-13)14(18)10-7-11(10)15(19)20/h1-4,10-11,13H,5-8H2,(H,19,20)/t10-,11-,13+/m1/s1. The van der Waals surface area contributed by atoms with Crippen molar-refractivity contribution in [1.29, 1.82) is 0 Å². The Bertz CT molecular complexity index is 577. The number of rotatable bonds is 3. The molecular formula is C15H16FNO4. The van der Waals surface area contributed by atoms with Gasteiger partial charge in [-0.1, -0.05) is 18.2 Å². The van der Waals surface area contributed by atoms with Crippen molar-refractivity contribution >= 4 is 11.9 Å². The molecule has 6 heteroatoms. The zero-order valence-electron chi connectivity index (χ0n) is 11.4. The molecule has 0 unspecified atom stereocenters. The van der Waals surface area contributed by atoms with Crippen LogP contribution in [0.25, 0.3) is 0 Å². The number of nitrogens with zero attached hydrogens (tertiary/aromatic N) is 1. The van der Waals surface area contributed by atoms with Gasteiger partial charge in [0, 0.05) is 12.1 Å². The molecule has 1 N–H and O–H groups in total. The maximum atomic E-state index is 13.8. The van der Waals surface area contributed by atoms with E-state index in [9.17, 15) is 14.0 Å². The Hall–Kier alpha value is -1.95. The van der Waals surface area contributed by atoms with Gasteiger partial charge in [-0.15, -0.1) is 0 Å². The van der Waals surface area contributed by atoms with E-state index in [1.54, 1.807) is 23.1 Å². The quantitative estimate of drug-likeness (QED) is 0.916. The van der Waals surface area contributed by atoms with E-state index >= 15 is 0 Å².